The van der Waals surface area contributed by atoms with Gasteiger partial charge in [0.15, 0.2) is 0 Å². The molecule has 8 nitrogen and oxygen atoms in total. The van der Waals surface area contributed by atoms with Gasteiger partial charge in [-0.3, -0.25) is 4.79 Å². The molecule has 0 saturated carbocycles. The summed E-state index contributed by atoms with van der Waals surface area (Å²) < 4.78 is 5.37. The highest BCUT2D eigenvalue weighted by Gasteiger charge is 2.26. The van der Waals surface area contributed by atoms with Crippen molar-refractivity contribution in [2.24, 2.45) is 5.41 Å². The molecule has 0 radical (unpaired) electrons. The van der Waals surface area contributed by atoms with E-state index in [4.69, 9.17) is 10.5 Å². The average molecular weight is 282 g/mol. The molecule has 112 valence electrons. The number of hydrogen-bond acceptors (Lipinski definition) is 7. The Labute approximate surface area is 118 Å². The first-order chi connectivity index (χ1) is 9.24. The Morgan fingerprint density at radius 2 is 2.00 bits per heavy atom. The molecule has 0 unspecified atom stereocenters. The van der Waals surface area contributed by atoms with Crippen LogP contribution < -0.4 is 21.1 Å². The van der Waals surface area contributed by atoms with Gasteiger partial charge in [-0.25, -0.2) is 0 Å². The highest BCUT2D eigenvalue weighted by atomic mass is 16.5. The molecule has 0 saturated heterocycles. The Morgan fingerprint density at radius 3 is 2.55 bits per heavy atom. The molecule has 0 aromatic carbocycles. The Balaban J connectivity index is 2.77. The van der Waals surface area contributed by atoms with Gasteiger partial charge in [-0.15, -0.1) is 0 Å². The number of rotatable bonds is 6. The smallest absolute Gasteiger partial charge is 0.323 e. The van der Waals surface area contributed by atoms with Gasteiger partial charge in [0.2, 0.25) is 17.8 Å². The van der Waals surface area contributed by atoms with Crippen molar-refractivity contribution in [3.63, 3.8) is 0 Å². The molecule has 1 aromatic rings. The van der Waals surface area contributed by atoms with Gasteiger partial charge in [-0.1, -0.05) is 0 Å². The van der Waals surface area contributed by atoms with Crippen LogP contribution >= 0.6 is 0 Å². The summed E-state index contributed by atoms with van der Waals surface area (Å²) in [6.07, 6.45) is -0.0630. The van der Waals surface area contributed by atoms with Gasteiger partial charge in [-0.05, 0) is 27.7 Å². The minimum atomic E-state index is -0.602. The lowest BCUT2D eigenvalue weighted by Gasteiger charge is -2.22. The van der Waals surface area contributed by atoms with Crippen LogP contribution in [0.3, 0.4) is 0 Å². The molecule has 8 heteroatoms. The largest absolute Gasteiger partial charge is 0.461 e. The second-order valence-corrected chi connectivity index (χ2v) is 5.28. The zero-order chi connectivity index (χ0) is 15.3. The highest BCUT2D eigenvalue weighted by molar-refractivity contribution is 5.82. The molecule has 0 aliphatic heterocycles. The van der Waals surface area contributed by atoms with E-state index < -0.39 is 5.41 Å². The molecule has 0 atom stereocenters. The quantitative estimate of drug-likeness (QED) is 0.692. The zero-order valence-corrected chi connectivity index (χ0v) is 12.5. The second kappa shape index (κ2) is 6.36. The molecule has 0 bridgehead atoms. The third kappa shape index (κ3) is 4.52. The van der Waals surface area contributed by atoms with Crippen molar-refractivity contribution in [1.82, 2.24) is 20.3 Å². The van der Waals surface area contributed by atoms with E-state index in [9.17, 15) is 4.79 Å². The Bertz CT molecular complexity index is 475. The maximum Gasteiger partial charge on any atom is 0.323 e. The molecule has 20 heavy (non-hydrogen) atoms. The molecule has 0 spiro atoms. The van der Waals surface area contributed by atoms with E-state index in [1.54, 1.807) is 7.05 Å². The van der Waals surface area contributed by atoms with Crippen molar-refractivity contribution in [1.29, 1.82) is 0 Å². The number of anilines is 2. The molecule has 1 heterocycles. The number of nitrogens with two attached hydrogens (primary N) is 1. The number of nitrogens with one attached hydrogen (secondary N) is 2. The zero-order valence-electron chi connectivity index (χ0n) is 12.5. The maximum absolute atomic E-state index is 11.7. The lowest BCUT2D eigenvalue weighted by atomic mass is 9.92. The first-order valence-electron chi connectivity index (χ1n) is 6.39. The predicted octanol–water partition coefficient (Wildman–Crippen LogP) is 0.425. The van der Waals surface area contributed by atoms with E-state index >= 15 is 0 Å². The van der Waals surface area contributed by atoms with E-state index in [-0.39, 0.29) is 29.9 Å². The number of nitrogens with zero attached hydrogens (tertiary/aromatic N) is 3. The second-order valence-electron chi connectivity index (χ2n) is 5.28. The summed E-state index contributed by atoms with van der Waals surface area (Å²) in [5.74, 6) is 0.270. The summed E-state index contributed by atoms with van der Waals surface area (Å²) in [5.41, 5.74) is 5.00. The minimum Gasteiger partial charge on any atom is -0.461 e. The predicted molar refractivity (Wildman–Crippen MR) is 76.3 cm³/mol. The summed E-state index contributed by atoms with van der Waals surface area (Å²) in [6, 6.07) is 0.160. The fraction of sp³-hybridized carbons (Fsp3) is 0.667. The van der Waals surface area contributed by atoms with Crippen molar-refractivity contribution >= 4 is 17.8 Å². The number of amides is 1. The summed E-state index contributed by atoms with van der Waals surface area (Å²) in [6.45, 7) is 7.71. The fourth-order valence-corrected chi connectivity index (χ4v) is 1.43. The van der Waals surface area contributed by atoms with Gasteiger partial charge < -0.3 is 21.1 Å². The molecule has 4 N–H and O–H groups in total. The van der Waals surface area contributed by atoms with Crippen LogP contribution in [0.25, 0.3) is 0 Å². The number of ether oxygens (including phenoxy) is 1. The van der Waals surface area contributed by atoms with E-state index in [1.807, 2.05) is 27.7 Å². The van der Waals surface area contributed by atoms with Gasteiger partial charge in [0.05, 0.1) is 11.5 Å². The highest BCUT2D eigenvalue weighted by Crippen LogP contribution is 2.17. The van der Waals surface area contributed by atoms with Crippen LogP contribution in [0.4, 0.5) is 11.9 Å². The van der Waals surface area contributed by atoms with E-state index in [2.05, 4.69) is 25.6 Å². The first kappa shape index (κ1) is 15.9. The molecular weight excluding hydrogens is 260 g/mol. The Hall–Kier alpha value is -2.12. The van der Waals surface area contributed by atoms with Crippen LogP contribution in [0, 0.1) is 5.41 Å². The van der Waals surface area contributed by atoms with Crippen LogP contribution in [0.2, 0.25) is 0 Å². The third-order valence-corrected chi connectivity index (χ3v) is 2.50. The lowest BCUT2D eigenvalue weighted by molar-refractivity contribution is -0.128. The van der Waals surface area contributed by atoms with Crippen molar-refractivity contribution in [2.75, 3.05) is 24.6 Å². The standard InChI is InChI=1S/C12H22N6O2/c1-7(2)20-11-17-9(13)16-10(18-11)15-6-12(3,4)8(19)14-5/h7H,6H2,1-5H3,(H,14,19)(H3,13,15,16,17,18). The summed E-state index contributed by atoms with van der Waals surface area (Å²) in [4.78, 5) is 23.6. The lowest BCUT2D eigenvalue weighted by Crippen LogP contribution is -2.39. The number of carbonyl (C=O) groups is 1. The number of nitrogen functional groups attached to an aromatic ring is 1. The van der Waals surface area contributed by atoms with Crippen LogP contribution in [0.1, 0.15) is 27.7 Å². The fourth-order valence-electron chi connectivity index (χ4n) is 1.43. The van der Waals surface area contributed by atoms with Crippen molar-refractivity contribution in [3.05, 3.63) is 0 Å². The Kier molecular flexibility index (Phi) is 5.06. The summed E-state index contributed by atoms with van der Waals surface area (Å²) >= 11 is 0. The van der Waals surface area contributed by atoms with Gasteiger partial charge in [0.25, 0.3) is 0 Å². The molecular formula is C12H22N6O2. The van der Waals surface area contributed by atoms with Gasteiger partial charge in [0, 0.05) is 13.6 Å². The van der Waals surface area contributed by atoms with Crippen molar-refractivity contribution in [3.8, 4) is 6.01 Å². The minimum absolute atomic E-state index is 0.0630. The molecule has 0 fully saturated rings. The van der Waals surface area contributed by atoms with Crippen molar-refractivity contribution in [2.45, 2.75) is 33.8 Å². The normalized spacial score (nSPS) is 11.3. The number of aromatic nitrogens is 3. The molecule has 0 aliphatic carbocycles. The first-order valence-corrected chi connectivity index (χ1v) is 6.39. The summed E-state index contributed by atoms with van der Waals surface area (Å²) in [7, 11) is 1.60. The number of hydrogen-bond donors (Lipinski definition) is 3. The van der Waals surface area contributed by atoms with Crippen LogP contribution in [0.5, 0.6) is 6.01 Å². The van der Waals surface area contributed by atoms with Crippen molar-refractivity contribution < 1.29 is 9.53 Å². The van der Waals surface area contributed by atoms with Gasteiger partial charge in [-0.2, -0.15) is 15.0 Å². The topological polar surface area (TPSA) is 115 Å². The van der Waals surface area contributed by atoms with E-state index in [0.717, 1.165) is 0 Å². The maximum atomic E-state index is 11.7. The van der Waals surface area contributed by atoms with Gasteiger partial charge >= 0.3 is 6.01 Å². The third-order valence-electron chi connectivity index (χ3n) is 2.50. The Morgan fingerprint density at radius 1 is 1.35 bits per heavy atom. The van der Waals surface area contributed by atoms with Crippen LogP contribution in [-0.4, -0.2) is 40.6 Å². The molecule has 0 aliphatic rings. The summed E-state index contributed by atoms with van der Waals surface area (Å²) in [5, 5.41) is 5.58. The molecule has 1 rings (SSSR count). The van der Waals surface area contributed by atoms with E-state index in [0.29, 0.717) is 6.54 Å². The molecule has 1 aromatic heterocycles. The van der Waals surface area contributed by atoms with Crippen LogP contribution in [0.15, 0.2) is 0 Å². The van der Waals surface area contributed by atoms with Gasteiger partial charge in [0.1, 0.15) is 0 Å². The average Bonchev–Trinajstić information content (AvgIpc) is 2.34. The molecule has 1 amide bonds. The number of carbonyl (C=O) groups excluding carboxylic acids is 1. The monoisotopic (exact) mass is 282 g/mol. The SMILES string of the molecule is CNC(=O)C(C)(C)CNc1nc(N)nc(OC(C)C)n1. The van der Waals surface area contributed by atoms with Crippen LogP contribution in [-0.2, 0) is 4.79 Å². The van der Waals surface area contributed by atoms with E-state index in [1.165, 1.54) is 0 Å².